The van der Waals surface area contributed by atoms with Gasteiger partial charge in [0, 0.05) is 29.6 Å². The van der Waals surface area contributed by atoms with Crippen molar-refractivity contribution in [3.05, 3.63) is 77.5 Å². The molecule has 0 aliphatic rings. The maximum Gasteiger partial charge on any atom is 0.212 e. The maximum atomic E-state index is 13.9. The Bertz CT molecular complexity index is 1180. The number of rotatable bonds is 6. The van der Waals surface area contributed by atoms with Crippen LogP contribution in [-0.2, 0) is 6.61 Å². The van der Waals surface area contributed by atoms with Crippen molar-refractivity contribution >= 4 is 11.6 Å². The second kappa shape index (κ2) is 8.46. The van der Waals surface area contributed by atoms with Gasteiger partial charge in [-0.05, 0) is 30.3 Å². The van der Waals surface area contributed by atoms with Crippen LogP contribution in [0.4, 0.5) is 8.78 Å². The molecule has 0 radical (unpaired) electrons. The Morgan fingerprint density at radius 1 is 1.00 bits per heavy atom. The summed E-state index contributed by atoms with van der Waals surface area (Å²) in [5.41, 5.74) is 2.24. The number of methoxy groups -OCH3 is 1. The molecule has 4 aromatic rings. The van der Waals surface area contributed by atoms with E-state index in [2.05, 4.69) is 19.9 Å². The first-order valence-corrected chi connectivity index (χ1v) is 9.19. The van der Waals surface area contributed by atoms with Gasteiger partial charge in [0.15, 0.2) is 0 Å². The molecule has 0 aliphatic carbocycles. The fourth-order valence-electron chi connectivity index (χ4n) is 2.81. The molecule has 30 heavy (non-hydrogen) atoms. The zero-order valence-electron chi connectivity index (χ0n) is 15.7. The summed E-state index contributed by atoms with van der Waals surface area (Å²) in [7, 11) is 1.53. The van der Waals surface area contributed by atoms with E-state index in [4.69, 9.17) is 21.1 Å². The fourth-order valence-corrected chi connectivity index (χ4v) is 2.95. The minimum atomic E-state index is -0.559. The largest absolute Gasteiger partial charge is 0.496 e. The molecule has 4 rings (SSSR count). The number of pyridine rings is 2. The molecule has 0 saturated heterocycles. The van der Waals surface area contributed by atoms with Crippen LogP contribution >= 0.6 is 11.6 Å². The van der Waals surface area contributed by atoms with Gasteiger partial charge in [-0.25, -0.2) is 14.4 Å². The predicted octanol–water partition coefficient (Wildman–Crippen LogP) is 5.05. The molecule has 152 valence electrons. The third kappa shape index (κ3) is 4.23. The van der Waals surface area contributed by atoms with Crippen LogP contribution < -0.4 is 9.47 Å². The van der Waals surface area contributed by atoms with Crippen LogP contribution in [0.5, 0.6) is 11.5 Å². The van der Waals surface area contributed by atoms with E-state index in [1.165, 1.54) is 31.6 Å². The van der Waals surface area contributed by atoms with E-state index in [9.17, 15) is 8.78 Å². The molecule has 0 aliphatic heterocycles. The lowest BCUT2D eigenvalue weighted by Crippen LogP contribution is -2.02. The first-order valence-electron chi connectivity index (χ1n) is 8.81. The van der Waals surface area contributed by atoms with Crippen LogP contribution in [0.25, 0.3) is 22.6 Å². The lowest BCUT2D eigenvalue weighted by atomic mass is 10.1. The first kappa shape index (κ1) is 19.8. The van der Waals surface area contributed by atoms with Gasteiger partial charge in [-0.3, -0.25) is 4.98 Å². The first-order chi connectivity index (χ1) is 14.5. The third-order valence-electron chi connectivity index (χ3n) is 4.30. The molecule has 0 spiro atoms. The number of hydrogen-bond acceptors (Lipinski definition) is 5. The lowest BCUT2D eigenvalue weighted by molar-refractivity contribution is 0.292. The predicted molar refractivity (Wildman–Crippen MR) is 107 cm³/mol. The average Bonchev–Trinajstić information content (AvgIpc) is 3.23. The van der Waals surface area contributed by atoms with E-state index in [1.54, 1.807) is 30.5 Å². The number of aromatic nitrogens is 4. The Kier molecular flexibility index (Phi) is 5.58. The standard InChI is InChI=1S/C21H15ClF2N4O2/c1-29-19-7-14(30-11-18-16(23)6-13(22)9-25-18)3-4-15(19)17-10-27-21(28-17)12-2-5-20(24)26-8-12/h2-10H,11H2,1H3,(H,27,28). The Morgan fingerprint density at radius 2 is 1.87 bits per heavy atom. The Balaban J connectivity index is 1.54. The Morgan fingerprint density at radius 3 is 2.60 bits per heavy atom. The minimum absolute atomic E-state index is 0.0583. The minimum Gasteiger partial charge on any atom is -0.496 e. The van der Waals surface area contributed by atoms with E-state index in [-0.39, 0.29) is 17.3 Å². The number of hydrogen-bond donors (Lipinski definition) is 1. The number of benzene rings is 1. The molecular weight excluding hydrogens is 414 g/mol. The van der Waals surface area contributed by atoms with Crippen molar-refractivity contribution in [3.63, 3.8) is 0 Å². The molecule has 3 heterocycles. The summed E-state index contributed by atoms with van der Waals surface area (Å²) in [5, 5.41) is 0.220. The van der Waals surface area contributed by atoms with E-state index in [0.29, 0.717) is 28.6 Å². The second-order valence-corrected chi connectivity index (χ2v) is 6.68. The SMILES string of the molecule is COc1cc(OCc2ncc(Cl)cc2F)ccc1-c1cnc(-c2ccc(F)nc2)[nH]1. The van der Waals surface area contributed by atoms with Crippen molar-refractivity contribution in [1.82, 2.24) is 19.9 Å². The smallest absolute Gasteiger partial charge is 0.212 e. The fraction of sp³-hybridized carbons (Fsp3) is 0.0952. The van der Waals surface area contributed by atoms with Crippen LogP contribution in [0.2, 0.25) is 5.02 Å². The van der Waals surface area contributed by atoms with Gasteiger partial charge in [0.1, 0.15) is 35.4 Å². The van der Waals surface area contributed by atoms with Crippen molar-refractivity contribution < 1.29 is 18.3 Å². The summed E-state index contributed by atoms with van der Waals surface area (Å²) < 4.78 is 38.0. The van der Waals surface area contributed by atoms with Crippen molar-refractivity contribution in [3.8, 4) is 34.1 Å². The van der Waals surface area contributed by atoms with Crippen molar-refractivity contribution in [2.75, 3.05) is 7.11 Å². The number of H-pyrrole nitrogens is 1. The van der Waals surface area contributed by atoms with E-state index in [0.717, 1.165) is 5.56 Å². The number of aromatic amines is 1. The monoisotopic (exact) mass is 428 g/mol. The zero-order valence-corrected chi connectivity index (χ0v) is 16.5. The van der Waals surface area contributed by atoms with E-state index < -0.39 is 11.8 Å². The number of nitrogens with one attached hydrogen (secondary N) is 1. The summed E-state index contributed by atoms with van der Waals surface area (Å²) in [4.78, 5) is 15.0. The van der Waals surface area contributed by atoms with Crippen molar-refractivity contribution in [2.24, 2.45) is 0 Å². The average molecular weight is 429 g/mol. The highest BCUT2D eigenvalue weighted by Gasteiger charge is 2.13. The number of ether oxygens (including phenoxy) is 2. The molecule has 3 aromatic heterocycles. The molecule has 0 atom stereocenters. The van der Waals surface area contributed by atoms with Gasteiger partial charge in [0.25, 0.3) is 0 Å². The molecule has 0 unspecified atom stereocenters. The molecule has 0 amide bonds. The molecule has 1 N–H and O–H groups in total. The van der Waals surface area contributed by atoms with Gasteiger partial charge in [-0.15, -0.1) is 0 Å². The van der Waals surface area contributed by atoms with Gasteiger partial charge in [0.05, 0.1) is 24.0 Å². The Labute approximate surface area is 175 Å². The molecule has 0 bridgehead atoms. The van der Waals surface area contributed by atoms with Crippen molar-refractivity contribution in [2.45, 2.75) is 6.61 Å². The number of halogens is 3. The highest BCUT2D eigenvalue weighted by molar-refractivity contribution is 6.30. The van der Waals surface area contributed by atoms with Gasteiger partial charge in [-0.1, -0.05) is 11.6 Å². The van der Waals surface area contributed by atoms with Gasteiger partial charge in [-0.2, -0.15) is 4.39 Å². The third-order valence-corrected chi connectivity index (χ3v) is 4.51. The number of imidazole rings is 1. The van der Waals surface area contributed by atoms with Gasteiger partial charge in [0.2, 0.25) is 5.95 Å². The molecular formula is C21H15ClF2N4O2. The number of nitrogens with zero attached hydrogens (tertiary/aromatic N) is 3. The topological polar surface area (TPSA) is 72.9 Å². The molecule has 6 nitrogen and oxygen atoms in total. The quantitative estimate of drug-likeness (QED) is 0.435. The zero-order chi connectivity index (χ0) is 21.1. The highest BCUT2D eigenvalue weighted by atomic mass is 35.5. The highest BCUT2D eigenvalue weighted by Crippen LogP contribution is 2.33. The van der Waals surface area contributed by atoms with Crippen LogP contribution in [0, 0.1) is 11.8 Å². The summed E-state index contributed by atoms with van der Waals surface area (Å²) in [6, 6.07) is 9.24. The summed E-state index contributed by atoms with van der Waals surface area (Å²) in [5.74, 6) is 0.464. The van der Waals surface area contributed by atoms with Gasteiger partial charge < -0.3 is 14.5 Å². The lowest BCUT2D eigenvalue weighted by Gasteiger charge is -2.11. The molecule has 1 aromatic carbocycles. The van der Waals surface area contributed by atoms with Crippen LogP contribution in [0.1, 0.15) is 5.69 Å². The van der Waals surface area contributed by atoms with E-state index >= 15 is 0 Å². The van der Waals surface area contributed by atoms with Crippen LogP contribution in [0.3, 0.4) is 0 Å². The maximum absolute atomic E-state index is 13.9. The summed E-state index contributed by atoms with van der Waals surface area (Å²) >= 11 is 5.71. The Hall–Kier alpha value is -3.52. The van der Waals surface area contributed by atoms with Crippen LogP contribution in [0.15, 0.2) is 55.0 Å². The van der Waals surface area contributed by atoms with E-state index in [1.807, 2.05) is 0 Å². The summed E-state index contributed by atoms with van der Waals surface area (Å²) in [6.07, 6.45) is 4.40. The molecule has 0 fully saturated rings. The molecule has 0 saturated carbocycles. The van der Waals surface area contributed by atoms with Crippen LogP contribution in [-0.4, -0.2) is 27.0 Å². The summed E-state index contributed by atoms with van der Waals surface area (Å²) in [6.45, 7) is -0.0583. The normalized spacial score (nSPS) is 10.8. The van der Waals surface area contributed by atoms with Gasteiger partial charge >= 0.3 is 0 Å². The van der Waals surface area contributed by atoms with Crippen molar-refractivity contribution in [1.29, 1.82) is 0 Å². The second-order valence-electron chi connectivity index (χ2n) is 6.25. The molecule has 9 heteroatoms.